The van der Waals surface area contributed by atoms with Crippen LogP contribution in [-0.2, 0) is 9.47 Å². The van der Waals surface area contributed by atoms with Gasteiger partial charge in [0.25, 0.3) is 0 Å². The molecule has 66 valence electrons. The van der Waals surface area contributed by atoms with Crippen LogP contribution in [0.3, 0.4) is 0 Å². The first-order chi connectivity index (χ1) is 5.20. The van der Waals surface area contributed by atoms with Gasteiger partial charge in [0.15, 0.2) is 0 Å². The lowest BCUT2D eigenvalue weighted by Gasteiger charge is -2.25. The van der Waals surface area contributed by atoms with E-state index in [4.69, 9.17) is 14.4 Å². The highest BCUT2D eigenvalue weighted by Gasteiger charge is 2.28. The summed E-state index contributed by atoms with van der Waals surface area (Å²) < 4.78 is 10.5. The average molecular weight is 178 g/mol. The molecule has 0 aromatic carbocycles. The Balaban J connectivity index is 2.18. The second kappa shape index (κ2) is 3.81. The third kappa shape index (κ3) is 3.04. The predicted molar refractivity (Wildman–Crippen MR) is 44.9 cm³/mol. The summed E-state index contributed by atoms with van der Waals surface area (Å²) in [6.07, 6.45) is 1.13. The van der Waals surface area contributed by atoms with Crippen molar-refractivity contribution in [3.05, 3.63) is 0 Å². The minimum Gasteiger partial charge on any atom is -0.374 e. The van der Waals surface area contributed by atoms with Crippen LogP contribution in [0.15, 0.2) is 0 Å². The Morgan fingerprint density at radius 1 is 1.82 bits per heavy atom. The van der Waals surface area contributed by atoms with Crippen molar-refractivity contribution in [2.45, 2.75) is 31.7 Å². The Morgan fingerprint density at radius 3 is 2.82 bits per heavy atom. The fourth-order valence-corrected chi connectivity index (χ4v) is 0.961. The molecule has 4 heteroatoms. The summed E-state index contributed by atoms with van der Waals surface area (Å²) in [7, 11) is -0.149. The van der Waals surface area contributed by atoms with E-state index in [1.165, 1.54) is 0 Å². The van der Waals surface area contributed by atoms with Gasteiger partial charge in [-0.15, -0.1) is 0 Å². The van der Waals surface area contributed by atoms with Gasteiger partial charge in [-0.25, -0.2) is 0 Å². The van der Waals surface area contributed by atoms with Gasteiger partial charge < -0.3 is 14.4 Å². The van der Waals surface area contributed by atoms with Gasteiger partial charge in [0, 0.05) is 8.81 Å². The molecule has 3 nitrogen and oxygen atoms in total. The Hall–Kier alpha value is 0.310. The van der Waals surface area contributed by atoms with Gasteiger partial charge in [-0.05, 0) is 13.3 Å². The van der Waals surface area contributed by atoms with Crippen LogP contribution in [0.1, 0.15) is 20.3 Å². The molecule has 0 aromatic heterocycles. The van der Waals surface area contributed by atoms with E-state index < -0.39 is 0 Å². The number of ether oxygens (including phenoxy) is 2. The second-order valence-corrected chi connectivity index (χ2v) is 4.24. The summed E-state index contributed by atoms with van der Waals surface area (Å²) in [5, 5.41) is -0.341. The Bertz CT molecular complexity index is 121. The number of hydrogen-bond acceptors (Lipinski definition) is 3. The van der Waals surface area contributed by atoms with Crippen molar-refractivity contribution in [2.75, 3.05) is 13.2 Å². The van der Waals surface area contributed by atoms with Gasteiger partial charge in [-0.2, -0.15) is 0 Å². The molecule has 1 saturated heterocycles. The molecule has 1 rings (SSSR count). The van der Waals surface area contributed by atoms with E-state index in [1.54, 1.807) is 0 Å². The molecule has 1 fully saturated rings. The van der Waals surface area contributed by atoms with E-state index in [0.29, 0.717) is 6.61 Å². The second-order valence-electron chi connectivity index (χ2n) is 2.96. The van der Waals surface area contributed by atoms with Gasteiger partial charge in [0.05, 0.1) is 13.2 Å². The molecule has 3 unspecified atom stereocenters. The Kier molecular flexibility index (Phi) is 3.26. The summed E-state index contributed by atoms with van der Waals surface area (Å²) >= 11 is 0. The number of hydrogen-bond donors (Lipinski definition) is 1. The smallest absolute Gasteiger partial charge is 0.106 e. The maximum absolute atomic E-state index is 8.98. The maximum atomic E-state index is 8.98. The van der Waals surface area contributed by atoms with Crippen molar-refractivity contribution < 1.29 is 14.4 Å². The molecule has 0 aromatic rings. The monoisotopic (exact) mass is 178 g/mol. The van der Waals surface area contributed by atoms with Gasteiger partial charge >= 0.3 is 0 Å². The fourth-order valence-electron chi connectivity index (χ4n) is 0.655. The molecule has 0 bridgehead atoms. The lowest BCUT2D eigenvalue weighted by molar-refractivity contribution is 0.0198. The molecule has 0 aliphatic carbocycles. The first-order valence-electron chi connectivity index (χ1n) is 3.87. The standard InChI is InChI=1S/C7H15O3P/c1-3-7(2,11-8)10-5-6-4-9-6/h6,8,11H,3-5H2,1-2H3. The van der Waals surface area contributed by atoms with Crippen LogP contribution in [0.5, 0.6) is 0 Å². The summed E-state index contributed by atoms with van der Waals surface area (Å²) in [5.74, 6) is 0. The van der Waals surface area contributed by atoms with E-state index in [-0.39, 0.29) is 20.3 Å². The van der Waals surface area contributed by atoms with E-state index in [1.807, 2.05) is 13.8 Å². The molecular formula is C7H15O3P. The van der Waals surface area contributed by atoms with Gasteiger partial charge in [0.1, 0.15) is 11.4 Å². The lowest BCUT2D eigenvalue weighted by atomic mass is 10.3. The fraction of sp³-hybridized carbons (Fsp3) is 1.00. The van der Waals surface area contributed by atoms with Crippen LogP contribution in [0.25, 0.3) is 0 Å². The van der Waals surface area contributed by atoms with Crippen LogP contribution < -0.4 is 0 Å². The predicted octanol–water partition coefficient (Wildman–Crippen LogP) is 1.11. The first-order valence-corrected chi connectivity index (χ1v) is 4.82. The van der Waals surface area contributed by atoms with E-state index in [0.717, 1.165) is 13.0 Å². The van der Waals surface area contributed by atoms with Crippen LogP contribution in [-0.4, -0.2) is 29.6 Å². The minimum absolute atomic E-state index is 0.149. The van der Waals surface area contributed by atoms with Crippen LogP contribution in [0, 0.1) is 0 Å². The van der Waals surface area contributed by atoms with Crippen LogP contribution in [0.4, 0.5) is 0 Å². The van der Waals surface area contributed by atoms with Crippen molar-refractivity contribution in [3.63, 3.8) is 0 Å². The Morgan fingerprint density at radius 2 is 2.45 bits per heavy atom. The topological polar surface area (TPSA) is 42.0 Å². The van der Waals surface area contributed by atoms with Gasteiger partial charge in [-0.3, -0.25) is 0 Å². The van der Waals surface area contributed by atoms with E-state index in [9.17, 15) is 0 Å². The molecule has 0 saturated carbocycles. The molecule has 1 aliphatic heterocycles. The minimum atomic E-state index is -0.341. The molecule has 1 N–H and O–H groups in total. The molecule has 0 spiro atoms. The van der Waals surface area contributed by atoms with Crippen LogP contribution in [0.2, 0.25) is 0 Å². The highest BCUT2D eigenvalue weighted by molar-refractivity contribution is 7.32. The van der Waals surface area contributed by atoms with Gasteiger partial charge in [-0.1, -0.05) is 6.92 Å². The average Bonchev–Trinajstić information content (AvgIpc) is 2.83. The number of rotatable bonds is 5. The summed E-state index contributed by atoms with van der Waals surface area (Å²) in [4.78, 5) is 8.98. The quantitative estimate of drug-likeness (QED) is 0.506. The summed E-state index contributed by atoms with van der Waals surface area (Å²) in [6, 6.07) is 0. The zero-order valence-electron chi connectivity index (χ0n) is 6.96. The van der Waals surface area contributed by atoms with Crippen molar-refractivity contribution in [1.29, 1.82) is 0 Å². The number of epoxide rings is 1. The normalized spacial score (nSPS) is 29.2. The first kappa shape index (κ1) is 9.40. The highest BCUT2D eigenvalue weighted by atomic mass is 31.1. The molecular weight excluding hydrogens is 163 g/mol. The molecule has 3 atom stereocenters. The Labute approximate surface area is 68.9 Å². The SMILES string of the molecule is CCC(C)(OCC1CO1)PO. The van der Waals surface area contributed by atoms with Crippen LogP contribution >= 0.6 is 8.81 Å². The van der Waals surface area contributed by atoms with E-state index in [2.05, 4.69) is 0 Å². The highest BCUT2D eigenvalue weighted by Crippen LogP contribution is 2.33. The zero-order chi connectivity index (χ0) is 8.32. The lowest BCUT2D eigenvalue weighted by Crippen LogP contribution is -2.23. The van der Waals surface area contributed by atoms with Crippen molar-refractivity contribution >= 4 is 8.81 Å². The summed E-state index contributed by atoms with van der Waals surface area (Å²) in [5.41, 5.74) is 0. The third-order valence-corrected chi connectivity index (χ3v) is 2.87. The van der Waals surface area contributed by atoms with Crippen molar-refractivity contribution in [2.24, 2.45) is 0 Å². The molecule has 1 heterocycles. The molecule has 11 heavy (non-hydrogen) atoms. The van der Waals surface area contributed by atoms with Crippen molar-refractivity contribution in [3.8, 4) is 0 Å². The maximum Gasteiger partial charge on any atom is 0.106 e. The molecule has 0 amide bonds. The van der Waals surface area contributed by atoms with Crippen molar-refractivity contribution in [1.82, 2.24) is 0 Å². The van der Waals surface area contributed by atoms with E-state index >= 15 is 0 Å². The zero-order valence-corrected chi connectivity index (χ0v) is 7.96. The summed E-state index contributed by atoms with van der Waals surface area (Å²) in [6.45, 7) is 5.37. The van der Waals surface area contributed by atoms with Gasteiger partial charge in [0.2, 0.25) is 0 Å². The molecule has 0 radical (unpaired) electrons. The largest absolute Gasteiger partial charge is 0.374 e. The molecule has 1 aliphatic rings. The third-order valence-electron chi connectivity index (χ3n) is 1.90.